The Kier molecular flexibility index (Phi) is 5.20. The van der Waals surface area contributed by atoms with Gasteiger partial charge in [0.1, 0.15) is 0 Å². The first-order chi connectivity index (χ1) is 6.34. The molecule has 0 aromatic rings. The van der Waals surface area contributed by atoms with Gasteiger partial charge in [-0.2, -0.15) is 0 Å². The predicted octanol–water partition coefficient (Wildman–Crippen LogP) is 1.50. The number of rotatable bonds is 4. The molecular weight excluding hydrogens is 180 g/mol. The molecule has 0 saturated heterocycles. The van der Waals surface area contributed by atoms with Crippen LogP contribution in [0, 0.1) is 17.8 Å². The van der Waals surface area contributed by atoms with Crippen LogP contribution in [0.15, 0.2) is 0 Å². The van der Waals surface area contributed by atoms with Crippen molar-refractivity contribution < 1.29 is 9.59 Å². The summed E-state index contributed by atoms with van der Waals surface area (Å²) in [5, 5.41) is 2.13. The van der Waals surface area contributed by atoms with Gasteiger partial charge in [0.25, 0.3) is 0 Å². The van der Waals surface area contributed by atoms with Crippen LogP contribution in [0.25, 0.3) is 0 Å². The fraction of sp³-hybridized carbons (Fsp3) is 0.800. The normalized spacial score (nSPS) is 13.0. The van der Waals surface area contributed by atoms with Gasteiger partial charge in [0.15, 0.2) is 0 Å². The van der Waals surface area contributed by atoms with Crippen LogP contribution in [-0.4, -0.2) is 11.9 Å². The summed E-state index contributed by atoms with van der Waals surface area (Å²) >= 11 is 0. The smallest absolute Gasteiger partial charge is 0.318 e. The zero-order chi connectivity index (χ0) is 11.3. The van der Waals surface area contributed by atoms with E-state index in [1.54, 1.807) is 0 Å². The van der Waals surface area contributed by atoms with Crippen LogP contribution in [-0.2, 0) is 4.79 Å². The molecule has 0 aromatic heterocycles. The lowest BCUT2D eigenvalue weighted by atomic mass is 9.87. The summed E-state index contributed by atoms with van der Waals surface area (Å²) in [7, 11) is 0. The highest BCUT2D eigenvalue weighted by atomic mass is 16.2. The van der Waals surface area contributed by atoms with Gasteiger partial charge in [-0.25, -0.2) is 4.79 Å². The van der Waals surface area contributed by atoms with Crippen molar-refractivity contribution in [2.24, 2.45) is 23.5 Å². The minimum absolute atomic E-state index is 0.137. The molecule has 0 spiro atoms. The molecule has 3 amide bonds. The molecule has 0 fully saturated rings. The van der Waals surface area contributed by atoms with E-state index in [9.17, 15) is 9.59 Å². The molecule has 0 rings (SSSR count). The Morgan fingerprint density at radius 3 is 2.00 bits per heavy atom. The predicted molar refractivity (Wildman–Crippen MR) is 55.5 cm³/mol. The second-order valence-corrected chi connectivity index (χ2v) is 4.33. The molecular formula is C10H20N2O2. The number of urea groups is 1. The first-order valence-electron chi connectivity index (χ1n) is 4.94. The molecule has 0 aliphatic heterocycles. The van der Waals surface area contributed by atoms with Crippen molar-refractivity contribution in [3.63, 3.8) is 0 Å². The number of amides is 3. The fourth-order valence-electron chi connectivity index (χ4n) is 1.40. The van der Waals surface area contributed by atoms with Gasteiger partial charge in [-0.1, -0.05) is 27.7 Å². The second-order valence-electron chi connectivity index (χ2n) is 4.33. The molecule has 1 unspecified atom stereocenters. The van der Waals surface area contributed by atoms with Gasteiger partial charge < -0.3 is 5.73 Å². The molecule has 0 radical (unpaired) electrons. The molecule has 0 aliphatic carbocycles. The fourth-order valence-corrected chi connectivity index (χ4v) is 1.40. The number of primary amides is 1. The van der Waals surface area contributed by atoms with Crippen LogP contribution in [0.5, 0.6) is 0 Å². The van der Waals surface area contributed by atoms with Crippen LogP contribution in [0.1, 0.15) is 34.1 Å². The van der Waals surface area contributed by atoms with Gasteiger partial charge in [0, 0.05) is 5.92 Å². The minimum Gasteiger partial charge on any atom is -0.351 e. The van der Waals surface area contributed by atoms with E-state index in [0.29, 0.717) is 5.92 Å². The van der Waals surface area contributed by atoms with E-state index >= 15 is 0 Å². The molecule has 0 aliphatic rings. The molecule has 3 N–H and O–H groups in total. The molecule has 0 saturated carbocycles. The van der Waals surface area contributed by atoms with Crippen molar-refractivity contribution in [3.05, 3.63) is 0 Å². The summed E-state index contributed by atoms with van der Waals surface area (Å²) in [5.41, 5.74) is 4.89. The molecule has 82 valence electrons. The van der Waals surface area contributed by atoms with E-state index in [2.05, 4.69) is 5.32 Å². The maximum atomic E-state index is 11.5. The molecule has 0 bridgehead atoms. The van der Waals surface area contributed by atoms with Crippen LogP contribution >= 0.6 is 0 Å². The summed E-state index contributed by atoms with van der Waals surface area (Å²) < 4.78 is 0. The first kappa shape index (κ1) is 12.9. The van der Waals surface area contributed by atoms with E-state index in [-0.39, 0.29) is 17.7 Å². The zero-order valence-corrected chi connectivity index (χ0v) is 9.33. The third-order valence-corrected chi connectivity index (χ3v) is 2.11. The van der Waals surface area contributed by atoms with E-state index in [0.717, 1.165) is 6.42 Å². The van der Waals surface area contributed by atoms with Gasteiger partial charge >= 0.3 is 6.03 Å². The highest BCUT2D eigenvalue weighted by Crippen LogP contribution is 2.20. The van der Waals surface area contributed by atoms with Crippen LogP contribution < -0.4 is 11.1 Å². The quantitative estimate of drug-likeness (QED) is 0.721. The van der Waals surface area contributed by atoms with Gasteiger partial charge in [0.2, 0.25) is 5.91 Å². The summed E-state index contributed by atoms with van der Waals surface area (Å²) in [5.74, 6) is 0.251. The molecule has 0 aromatic carbocycles. The number of hydrogen-bond donors (Lipinski definition) is 2. The van der Waals surface area contributed by atoms with Crippen molar-refractivity contribution in [2.75, 3.05) is 0 Å². The van der Waals surface area contributed by atoms with Gasteiger partial charge in [-0.3, -0.25) is 10.1 Å². The molecule has 4 heteroatoms. The Labute approximate surface area is 85.2 Å². The van der Waals surface area contributed by atoms with Gasteiger partial charge in [-0.05, 0) is 18.3 Å². The maximum Gasteiger partial charge on any atom is 0.318 e. The monoisotopic (exact) mass is 200 g/mol. The largest absolute Gasteiger partial charge is 0.351 e. The van der Waals surface area contributed by atoms with Crippen LogP contribution in [0.3, 0.4) is 0 Å². The minimum atomic E-state index is -0.774. The number of hydrogen-bond acceptors (Lipinski definition) is 2. The van der Waals surface area contributed by atoms with Crippen molar-refractivity contribution >= 4 is 11.9 Å². The number of carbonyl (C=O) groups is 2. The molecule has 0 heterocycles. The standard InChI is InChI=1S/C10H20N2O2/c1-6(2)5-8(7(3)4)9(13)12-10(11)14/h6-8H,5H2,1-4H3,(H3,11,12,13,14). The molecule has 4 nitrogen and oxygen atoms in total. The second kappa shape index (κ2) is 5.62. The average molecular weight is 200 g/mol. The Balaban J connectivity index is 4.33. The summed E-state index contributed by atoms with van der Waals surface area (Å²) in [4.78, 5) is 22.0. The van der Waals surface area contributed by atoms with E-state index in [4.69, 9.17) is 5.73 Å². The summed E-state index contributed by atoms with van der Waals surface area (Å²) in [6.45, 7) is 8.03. The Bertz CT molecular complexity index is 212. The highest BCUT2D eigenvalue weighted by Gasteiger charge is 2.23. The summed E-state index contributed by atoms with van der Waals surface area (Å²) in [6, 6.07) is -0.774. The van der Waals surface area contributed by atoms with Crippen molar-refractivity contribution in [2.45, 2.75) is 34.1 Å². The Hall–Kier alpha value is -1.06. The third-order valence-electron chi connectivity index (χ3n) is 2.11. The van der Waals surface area contributed by atoms with Crippen LogP contribution in [0.4, 0.5) is 4.79 Å². The summed E-state index contributed by atoms with van der Waals surface area (Å²) in [6.07, 6.45) is 0.775. The van der Waals surface area contributed by atoms with Gasteiger partial charge in [-0.15, -0.1) is 0 Å². The number of imide groups is 1. The SMILES string of the molecule is CC(C)CC(C(=O)NC(N)=O)C(C)C. The zero-order valence-electron chi connectivity index (χ0n) is 9.33. The first-order valence-corrected chi connectivity index (χ1v) is 4.94. The van der Waals surface area contributed by atoms with Crippen molar-refractivity contribution in [1.82, 2.24) is 5.32 Å². The van der Waals surface area contributed by atoms with Crippen molar-refractivity contribution in [3.8, 4) is 0 Å². The van der Waals surface area contributed by atoms with Crippen molar-refractivity contribution in [1.29, 1.82) is 0 Å². The molecule has 1 atom stereocenters. The number of nitrogens with two attached hydrogens (primary N) is 1. The topological polar surface area (TPSA) is 72.2 Å². The number of nitrogens with one attached hydrogen (secondary N) is 1. The van der Waals surface area contributed by atoms with Crippen LogP contribution in [0.2, 0.25) is 0 Å². The third kappa shape index (κ3) is 4.84. The molecule has 14 heavy (non-hydrogen) atoms. The Morgan fingerprint density at radius 2 is 1.71 bits per heavy atom. The Morgan fingerprint density at radius 1 is 1.21 bits per heavy atom. The van der Waals surface area contributed by atoms with E-state index in [1.807, 2.05) is 27.7 Å². The lowest BCUT2D eigenvalue weighted by molar-refractivity contribution is -0.125. The highest BCUT2D eigenvalue weighted by molar-refractivity contribution is 5.94. The maximum absolute atomic E-state index is 11.5. The van der Waals surface area contributed by atoms with Gasteiger partial charge in [0.05, 0.1) is 0 Å². The number of carbonyl (C=O) groups excluding carboxylic acids is 2. The van der Waals surface area contributed by atoms with E-state index < -0.39 is 6.03 Å². The average Bonchev–Trinajstić information content (AvgIpc) is 1.97. The lowest BCUT2D eigenvalue weighted by Gasteiger charge is -2.20. The van der Waals surface area contributed by atoms with E-state index in [1.165, 1.54) is 0 Å². The lowest BCUT2D eigenvalue weighted by Crippen LogP contribution is -2.41.